The van der Waals surface area contributed by atoms with Gasteiger partial charge in [0.25, 0.3) is 5.56 Å². The van der Waals surface area contributed by atoms with Gasteiger partial charge in [0.1, 0.15) is 11.6 Å². The lowest BCUT2D eigenvalue weighted by Gasteiger charge is -2.06. The predicted octanol–water partition coefficient (Wildman–Crippen LogP) is 2.73. The molecule has 0 unspecified atom stereocenters. The standard InChI is InChI=1S/C13H14BrN3O/c1-2-3-10-11(15)16-12(17-13(10)18)8-4-6-9(14)7-5-8/h4-7H,2-3H2,1H3,(H3,15,16,17,18). The number of nitrogens with zero attached hydrogens (tertiary/aromatic N) is 1. The van der Waals surface area contributed by atoms with E-state index in [0.29, 0.717) is 23.6 Å². The summed E-state index contributed by atoms with van der Waals surface area (Å²) in [5, 5.41) is 0. The second-order valence-corrected chi connectivity index (χ2v) is 4.95. The van der Waals surface area contributed by atoms with E-state index in [1.54, 1.807) is 0 Å². The van der Waals surface area contributed by atoms with Gasteiger partial charge in [0, 0.05) is 10.0 Å². The first kappa shape index (κ1) is 12.8. The monoisotopic (exact) mass is 307 g/mol. The maximum absolute atomic E-state index is 11.9. The minimum absolute atomic E-state index is 0.151. The molecule has 0 aliphatic carbocycles. The number of nitrogens with one attached hydrogen (secondary N) is 1. The van der Waals surface area contributed by atoms with Gasteiger partial charge in [0.2, 0.25) is 0 Å². The number of H-pyrrole nitrogens is 1. The van der Waals surface area contributed by atoms with Crippen LogP contribution in [0.15, 0.2) is 33.5 Å². The Kier molecular flexibility index (Phi) is 3.81. The first-order valence-corrected chi connectivity index (χ1v) is 6.55. The summed E-state index contributed by atoms with van der Waals surface area (Å²) in [5.74, 6) is 0.823. The minimum atomic E-state index is -0.151. The van der Waals surface area contributed by atoms with Gasteiger partial charge in [-0.1, -0.05) is 41.4 Å². The molecule has 1 aromatic heterocycles. The smallest absolute Gasteiger partial charge is 0.256 e. The highest BCUT2D eigenvalue weighted by molar-refractivity contribution is 9.10. The van der Waals surface area contributed by atoms with Crippen molar-refractivity contribution < 1.29 is 0 Å². The van der Waals surface area contributed by atoms with Crippen LogP contribution in [0.4, 0.5) is 5.82 Å². The molecule has 2 aromatic rings. The fourth-order valence-corrected chi connectivity index (χ4v) is 2.02. The molecule has 0 aliphatic heterocycles. The van der Waals surface area contributed by atoms with Gasteiger partial charge in [-0.25, -0.2) is 4.98 Å². The first-order chi connectivity index (χ1) is 8.61. The van der Waals surface area contributed by atoms with Crippen LogP contribution in [0.2, 0.25) is 0 Å². The SMILES string of the molecule is CCCc1c(N)nc(-c2ccc(Br)cc2)[nH]c1=O. The number of aromatic nitrogens is 2. The molecule has 0 atom stereocenters. The molecular weight excluding hydrogens is 294 g/mol. The van der Waals surface area contributed by atoms with Gasteiger partial charge in [-0.05, 0) is 18.6 Å². The molecule has 0 spiro atoms. The zero-order chi connectivity index (χ0) is 13.1. The van der Waals surface area contributed by atoms with Crippen molar-refractivity contribution in [1.82, 2.24) is 9.97 Å². The number of hydrogen-bond donors (Lipinski definition) is 2. The third-order valence-electron chi connectivity index (χ3n) is 2.67. The highest BCUT2D eigenvalue weighted by atomic mass is 79.9. The molecule has 0 saturated heterocycles. The Labute approximate surface area is 113 Å². The van der Waals surface area contributed by atoms with Gasteiger partial charge in [0.15, 0.2) is 0 Å². The van der Waals surface area contributed by atoms with Gasteiger partial charge in [-0.3, -0.25) is 4.79 Å². The molecule has 18 heavy (non-hydrogen) atoms. The summed E-state index contributed by atoms with van der Waals surface area (Å²) in [6, 6.07) is 7.54. The molecule has 5 heteroatoms. The summed E-state index contributed by atoms with van der Waals surface area (Å²) >= 11 is 3.36. The third-order valence-corrected chi connectivity index (χ3v) is 3.19. The topological polar surface area (TPSA) is 71.8 Å². The molecule has 3 N–H and O–H groups in total. The number of benzene rings is 1. The lowest BCUT2D eigenvalue weighted by atomic mass is 10.1. The molecule has 4 nitrogen and oxygen atoms in total. The van der Waals surface area contributed by atoms with E-state index >= 15 is 0 Å². The lowest BCUT2D eigenvalue weighted by molar-refractivity contribution is 0.892. The molecule has 1 aromatic carbocycles. The fourth-order valence-electron chi connectivity index (χ4n) is 1.75. The van der Waals surface area contributed by atoms with Crippen molar-refractivity contribution in [3.8, 4) is 11.4 Å². The Morgan fingerprint density at radius 3 is 2.56 bits per heavy atom. The van der Waals surface area contributed by atoms with Crippen LogP contribution in [0.5, 0.6) is 0 Å². The Balaban J connectivity index is 2.48. The van der Waals surface area contributed by atoms with Crippen molar-refractivity contribution in [1.29, 1.82) is 0 Å². The number of aromatic amines is 1. The van der Waals surface area contributed by atoms with Crippen LogP contribution in [0.1, 0.15) is 18.9 Å². The molecule has 0 aliphatic rings. The number of nitrogens with two attached hydrogens (primary N) is 1. The highest BCUT2D eigenvalue weighted by Gasteiger charge is 2.09. The Hall–Kier alpha value is -1.62. The molecule has 0 fully saturated rings. The van der Waals surface area contributed by atoms with Crippen LogP contribution >= 0.6 is 15.9 Å². The van der Waals surface area contributed by atoms with E-state index in [2.05, 4.69) is 25.9 Å². The molecule has 1 heterocycles. The average molecular weight is 308 g/mol. The van der Waals surface area contributed by atoms with Crippen LogP contribution in [-0.4, -0.2) is 9.97 Å². The second kappa shape index (κ2) is 5.35. The number of anilines is 1. The van der Waals surface area contributed by atoms with E-state index in [0.717, 1.165) is 16.5 Å². The first-order valence-electron chi connectivity index (χ1n) is 5.76. The van der Waals surface area contributed by atoms with Gasteiger partial charge in [-0.15, -0.1) is 0 Å². The molecule has 0 saturated carbocycles. The van der Waals surface area contributed by atoms with Crippen LogP contribution in [-0.2, 0) is 6.42 Å². The molecule has 0 radical (unpaired) electrons. The van der Waals surface area contributed by atoms with Crippen molar-refractivity contribution in [3.63, 3.8) is 0 Å². The van der Waals surface area contributed by atoms with E-state index in [-0.39, 0.29) is 5.56 Å². The number of halogens is 1. The van der Waals surface area contributed by atoms with E-state index < -0.39 is 0 Å². The summed E-state index contributed by atoms with van der Waals surface area (Å²) in [6.07, 6.45) is 1.52. The molecule has 0 amide bonds. The number of nitrogen functional groups attached to an aromatic ring is 1. The number of hydrogen-bond acceptors (Lipinski definition) is 3. The molecule has 2 rings (SSSR count). The fraction of sp³-hybridized carbons (Fsp3) is 0.231. The Morgan fingerprint density at radius 1 is 1.33 bits per heavy atom. The van der Waals surface area contributed by atoms with Crippen LogP contribution in [0.25, 0.3) is 11.4 Å². The number of rotatable bonds is 3. The largest absolute Gasteiger partial charge is 0.383 e. The van der Waals surface area contributed by atoms with E-state index in [9.17, 15) is 4.79 Å². The molecular formula is C13H14BrN3O. The normalized spacial score (nSPS) is 10.6. The summed E-state index contributed by atoms with van der Waals surface area (Å²) < 4.78 is 0.976. The zero-order valence-electron chi connectivity index (χ0n) is 10.0. The highest BCUT2D eigenvalue weighted by Crippen LogP contribution is 2.19. The quantitative estimate of drug-likeness (QED) is 0.916. The van der Waals surface area contributed by atoms with Crippen molar-refractivity contribution >= 4 is 21.7 Å². The van der Waals surface area contributed by atoms with E-state index in [1.807, 2.05) is 31.2 Å². The second-order valence-electron chi connectivity index (χ2n) is 4.04. The van der Waals surface area contributed by atoms with Gasteiger partial charge in [0.05, 0.1) is 5.56 Å². The maximum Gasteiger partial charge on any atom is 0.256 e. The Bertz CT molecular complexity index is 605. The average Bonchev–Trinajstić information content (AvgIpc) is 2.34. The van der Waals surface area contributed by atoms with Gasteiger partial charge in [-0.2, -0.15) is 0 Å². The maximum atomic E-state index is 11.9. The predicted molar refractivity (Wildman–Crippen MR) is 76.4 cm³/mol. The molecule has 0 bridgehead atoms. The summed E-state index contributed by atoms with van der Waals surface area (Å²) in [4.78, 5) is 18.9. The van der Waals surface area contributed by atoms with Crippen LogP contribution in [0.3, 0.4) is 0 Å². The zero-order valence-corrected chi connectivity index (χ0v) is 11.6. The minimum Gasteiger partial charge on any atom is -0.383 e. The van der Waals surface area contributed by atoms with Crippen molar-refractivity contribution in [2.75, 3.05) is 5.73 Å². The van der Waals surface area contributed by atoms with E-state index in [4.69, 9.17) is 5.73 Å². The van der Waals surface area contributed by atoms with E-state index in [1.165, 1.54) is 0 Å². The van der Waals surface area contributed by atoms with Crippen LogP contribution < -0.4 is 11.3 Å². The third kappa shape index (κ3) is 2.61. The summed E-state index contributed by atoms with van der Waals surface area (Å²) in [7, 11) is 0. The summed E-state index contributed by atoms with van der Waals surface area (Å²) in [6.45, 7) is 2.00. The van der Waals surface area contributed by atoms with Crippen molar-refractivity contribution in [2.45, 2.75) is 19.8 Å². The molecule has 94 valence electrons. The van der Waals surface area contributed by atoms with Crippen molar-refractivity contribution in [2.24, 2.45) is 0 Å². The van der Waals surface area contributed by atoms with Crippen LogP contribution in [0, 0.1) is 0 Å². The van der Waals surface area contributed by atoms with Gasteiger partial charge < -0.3 is 10.7 Å². The Morgan fingerprint density at radius 2 is 2.00 bits per heavy atom. The van der Waals surface area contributed by atoms with Gasteiger partial charge >= 0.3 is 0 Å². The van der Waals surface area contributed by atoms with Crippen molar-refractivity contribution in [3.05, 3.63) is 44.7 Å². The lowest BCUT2D eigenvalue weighted by Crippen LogP contribution is -2.18. The summed E-state index contributed by atoms with van der Waals surface area (Å²) in [5.41, 5.74) is 7.09.